The van der Waals surface area contributed by atoms with Gasteiger partial charge in [0.2, 0.25) is 0 Å². The summed E-state index contributed by atoms with van der Waals surface area (Å²) < 4.78 is 0. The van der Waals surface area contributed by atoms with Gasteiger partial charge in [0, 0.05) is 19.0 Å². The van der Waals surface area contributed by atoms with Crippen LogP contribution in [0, 0.1) is 0 Å². The standard InChI is InChI=1S/C12H20ClN3O/c1-4-6-12(3,17)8-14-11-7-9(13)15-10(5-2)16-11/h7,17H,4-6,8H2,1-3H3,(H,14,15,16). The van der Waals surface area contributed by atoms with Gasteiger partial charge in [-0.05, 0) is 13.3 Å². The van der Waals surface area contributed by atoms with Crippen LogP contribution in [0.25, 0.3) is 0 Å². The summed E-state index contributed by atoms with van der Waals surface area (Å²) in [7, 11) is 0. The van der Waals surface area contributed by atoms with Crippen LogP contribution in [0.4, 0.5) is 5.82 Å². The van der Waals surface area contributed by atoms with Crippen molar-refractivity contribution in [3.63, 3.8) is 0 Å². The summed E-state index contributed by atoms with van der Waals surface area (Å²) in [5, 5.41) is 13.6. The van der Waals surface area contributed by atoms with E-state index in [-0.39, 0.29) is 0 Å². The van der Waals surface area contributed by atoms with E-state index in [2.05, 4.69) is 15.3 Å². The Bertz CT molecular complexity index is 369. The Kier molecular flexibility index (Phi) is 5.15. The molecule has 96 valence electrons. The lowest BCUT2D eigenvalue weighted by Crippen LogP contribution is -2.33. The van der Waals surface area contributed by atoms with Crippen molar-refractivity contribution in [2.24, 2.45) is 0 Å². The number of aromatic nitrogens is 2. The normalized spacial score (nSPS) is 14.4. The summed E-state index contributed by atoms with van der Waals surface area (Å²) in [6.45, 7) is 6.29. The Morgan fingerprint density at radius 1 is 1.41 bits per heavy atom. The van der Waals surface area contributed by atoms with Crippen molar-refractivity contribution in [2.45, 2.75) is 45.6 Å². The smallest absolute Gasteiger partial charge is 0.134 e. The van der Waals surface area contributed by atoms with Crippen LogP contribution >= 0.6 is 11.6 Å². The van der Waals surface area contributed by atoms with E-state index in [1.807, 2.05) is 20.8 Å². The molecule has 4 nitrogen and oxygen atoms in total. The van der Waals surface area contributed by atoms with E-state index in [0.717, 1.165) is 19.3 Å². The van der Waals surface area contributed by atoms with E-state index < -0.39 is 5.60 Å². The lowest BCUT2D eigenvalue weighted by atomic mass is 10.0. The monoisotopic (exact) mass is 257 g/mol. The number of rotatable bonds is 6. The van der Waals surface area contributed by atoms with Crippen molar-refractivity contribution < 1.29 is 5.11 Å². The second-order valence-electron chi connectivity index (χ2n) is 4.45. The fourth-order valence-corrected chi connectivity index (χ4v) is 1.82. The van der Waals surface area contributed by atoms with Crippen molar-refractivity contribution in [1.82, 2.24) is 9.97 Å². The van der Waals surface area contributed by atoms with E-state index in [1.54, 1.807) is 6.07 Å². The zero-order valence-corrected chi connectivity index (χ0v) is 11.4. The molecule has 0 bridgehead atoms. The molecule has 0 saturated carbocycles. The Morgan fingerprint density at radius 2 is 2.12 bits per heavy atom. The minimum atomic E-state index is -0.724. The molecule has 17 heavy (non-hydrogen) atoms. The quantitative estimate of drug-likeness (QED) is 0.770. The summed E-state index contributed by atoms with van der Waals surface area (Å²) in [5.41, 5.74) is -0.724. The van der Waals surface area contributed by atoms with Gasteiger partial charge in [-0.25, -0.2) is 9.97 Å². The number of hydrogen-bond acceptors (Lipinski definition) is 4. The topological polar surface area (TPSA) is 58.0 Å². The molecule has 1 unspecified atom stereocenters. The predicted molar refractivity (Wildman–Crippen MR) is 70.4 cm³/mol. The predicted octanol–water partition coefficient (Wildman–Crippen LogP) is 2.66. The Hall–Kier alpha value is -0.870. The molecule has 0 aliphatic carbocycles. The molecule has 5 heteroatoms. The van der Waals surface area contributed by atoms with Gasteiger partial charge in [-0.3, -0.25) is 0 Å². The van der Waals surface area contributed by atoms with Gasteiger partial charge in [0.05, 0.1) is 5.60 Å². The molecule has 0 saturated heterocycles. The van der Waals surface area contributed by atoms with Gasteiger partial charge >= 0.3 is 0 Å². The lowest BCUT2D eigenvalue weighted by molar-refractivity contribution is 0.0636. The average Bonchev–Trinajstić information content (AvgIpc) is 2.26. The molecule has 0 aliphatic heterocycles. The Morgan fingerprint density at radius 3 is 2.71 bits per heavy atom. The van der Waals surface area contributed by atoms with E-state index in [0.29, 0.717) is 23.3 Å². The van der Waals surface area contributed by atoms with Crippen LogP contribution in [0.15, 0.2) is 6.07 Å². The number of aliphatic hydroxyl groups is 1. The molecule has 1 rings (SSSR count). The van der Waals surface area contributed by atoms with Gasteiger partial charge in [0.1, 0.15) is 16.8 Å². The number of nitrogens with one attached hydrogen (secondary N) is 1. The summed E-state index contributed by atoms with van der Waals surface area (Å²) in [4.78, 5) is 8.38. The first-order valence-electron chi connectivity index (χ1n) is 5.96. The molecular formula is C12H20ClN3O. The van der Waals surface area contributed by atoms with Crippen LogP contribution in [-0.2, 0) is 6.42 Å². The highest BCUT2D eigenvalue weighted by Gasteiger charge is 2.18. The number of halogens is 1. The maximum absolute atomic E-state index is 10.0. The highest BCUT2D eigenvalue weighted by Crippen LogP contribution is 2.15. The third-order valence-electron chi connectivity index (χ3n) is 2.50. The van der Waals surface area contributed by atoms with Crippen molar-refractivity contribution >= 4 is 17.4 Å². The summed E-state index contributed by atoms with van der Waals surface area (Å²) in [6.07, 6.45) is 2.43. The zero-order valence-electron chi connectivity index (χ0n) is 10.6. The number of anilines is 1. The van der Waals surface area contributed by atoms with Crippen molar-refractivity contribution in [2.75, 3.05) is 11.9 Å². The van der Waals surface area contributed by atoms with E-state index in [9.17, 15) is 5.11 Å². The minimum Gasteiger partial charge on any atom is -0.388 e. The van der Waals surface area contributed by atoms with E-state index >= 15 is 0 Å². The molecule has 1 aromatic rings. The van der Waals surface area contributed by atoms with Gasteiger partial charge in [-0.1, -0.05) is 31.9 Å². The maximum atomic E-state index is 10.0. The molecule has 1 heterocycles. The number of nitrogens with zero attached hydrogens (tertiary/aromatic N) is 2. The van der Waals surface area contributed by atoms with Crippen LogP contribution in [-0.4, -0.2) is 27.2 Å². The van der Waals surface area contributed by atoms with Crippen LogP contribution < -0.4 is 5.32 Å². The van der Waals surface area contributed by atoms with Gasteiger partial charge in [0.15, 0.2) is 0 Å². The fraction of sp³-hybridized carbons (Fsp3) is 0.667. The largest absolute Gasteiger partial charge is 0.388 e. The third-order valence-corrected chi connectivity index (χ3v) is 2.69. The average molecular weight is 258 g/mol. The minimum absolute atomic E-state index is 0.425. The van der Waals surface area contributed by atoms with Gasteiger partial charge < -0.3 is 10.4 Å². The van der Waals surface area contributed by atoms with Crippen LogP contribution in [0.3, 0.4) is 0 Å². The van der Waals surface area contributed by atoms with E-state index in [4.69, 9.17) is 11.6 Å². The molecule has 2 N–H and O–H groups in total. The second-order valence-corrected chi connectivity index (χ2v) is 4.83. The molecule has 1 aromatic heterocycles. The molecule has 1 atom stereocenters. The second kappa shape index (κ2) is 6.17. The van der Waals surface area contributed by atoms with Crippen LogP contribution in [0.2, 0.25) is 5.15 Å². The fourth-order valence-electron chi connectivity index (χ4n) is 1.62. The highest BCUT2D eigenvalue weighted by atomic mass is 35.5. The SMILES string of the molecule is CCCC(C)(O)CNc1cc(Cl)nc(CC)n1. The zero-order chi connectivity index (χ0) is 12.9. The molecule has 0 radical (unpaired) electrons. The van der Waals surface area contributed by atoms with Crippen LogP contribution in [0.5, 0.6) is 0 Å². The molecule has 0 aliphatic rings. The maximum Gasteiger partial charge on any atom is 0.134 e. The molecule has 0 spiro atoms. The van der Waals surface area contributed by atoms with Crippen LogP contribution in [0.1, 0.15) is 39.4 Å². The Balaban J connectivity index is 2.65. The van der Waals surface area contributed by atoms with Crippen molar-refractivity contribution in [3.05, 3.63) is 17.0 Å². The molecule has 0 fully saturated rings. The number of aryl methyl sites for hydroxylation is 1. The van der Waals surface area contributed by atoms with Gasteiger partial charge in [0.25, 0.3) is 0 Å². The van der Waals surface area contributed by atoms with Gasteiger partial charge in [-0.2, -0.15) is 0 Å². The van der Waals surface area contributed by atoms with Crippen molar-refractivity contribution in [1.29, 1.82) is 0 Å². The Labute approximate surface area is 107 Å². The summed E-state index contributed by atoms with van der Waals surface area (Å²) in [6, 6.07) is 1.67. The third kappa shape index (κ3) is 4.88. The first-order valence-corrected chi connectivity index (χ1v) is 6.34. The molecule has 0 amide bonds. The van der Waals surface area contributed by atoms with E-state index in [1.165, 1.54) is 0 Å². The van der Waals surface area contributed by atoms with Gasteiger partial charge in [-0.15, -0.1) is 0 Å². The lowest BCUT2D eigenvalue weighted by Gasteiger charge is -2.23. The first kappa shape index (κ1) is 14.2. The first-order chi connectivity index (χ1) is 7.96. The number of hydrogen-bond donors (Lipinski definition) is 2. The highest BCUT2D eigenvalue weighted by molar-refractivity contribution is 6.29. The van der Waals surface area contributed by atoms with Crippen molar-refractivity contribution in [3.8, 4) is 0 Å². The summed E-state index contributed by atoms with van der Waals surface area (Å²) >= 11 is 5.89. The molecular weight excluding hydrogens is 238 g/mol. The summed E-state index contributed by atoms with van der Waals surface area (Å²) in [5.74, 6) is 1.37. The molecule has 0 aromatic carbocycles.